The lowest BCUT2D eigenvalue weighted by Crippen LogP contribution is -2.30. The maximum absolute atomic E-state index is 10.5. The van der Waals surface area contributed by atoms with Gasteiger partial charge < -0.3 is 5.32 Å². The Bertz CT molecular complexity index is 232. The first-order valence-electron chi connectivity index (χ1n) is 3.28. The number of rotatable bonds is 2. The molecule has 0 amide bonds. The summed E-state index contributed by atoms with van der Waals surface area (Å²) in [6.07, 6.45) is 0. The Morgan fingerprint density at radius 3 is 2.36 bits per heavy atom. The van der Waals surface area contributed by atoms with Gasteiger partial charge in [-0.2, -0.15) is 8.42 Å². The summed E-state index contributed by atoms with van der Waals surface area (Å²) < 4.78 is 29.5. The van der Waals surface area contributed by atoms with E-state index in [0.29, 0.717) is 13.1 Å². The van der Waals surface area contributed by atoms with Gasteiger partial charge in [-0.25, -0.2) is 0 Å². The van der Waals surface area contributed by atoms with E-state index in [0.717, 1.165) is 0 Å². The average molecular weight is 180 g/mol. The van der Waals surface area contributed by atoms with Crippen LogP contribution in [0.4, 0.5) is 0 Å². The minimum atomic E-state index is -4.15. The van der Waals surface area contributed by atoms with Crippen LogP contribution in [0.2, 0.25) is 0 Å². The van der Waals surface area contributed by atoms with Crippen LogP contribution >= 0.6 is 0 Å². The van der Waals surface area contributed by atoms with Crippen molar-refractivity contribution in [1.29, 1.82) is 0 Å². The van der Waals surface area contributed by atoms with E-state index in [4.69, 9.17) is 4.55 Å². The minimum absolute atomic E-state index is 0.322. The van der Waals surface area contributed by atoms with E-state index in [-0.39, 0.29) is 5.17 Å². The molecule has 0 radical (unpaired) electrons. The van der Waals surface area contributed by atoms with Gasteiger partial charge in [-0.15, -0.1) is 0 Å². The molecule has 0 aromatic heterocycles. The first-order chi connectivity index (χ1) is 5.02. The zero-order valence-corrected chi connectivity index (χ0v) is 7.35. The van der Waals surface area contributed by atoms with Gasteiger partial charge in [-0.1, -0.05) is 0 Å². The Morgan fingerprint density at radius 1 is 1.55 bits per heavy atom. The fraction of sp³-hybridized carbons (Fsp3) is 0.800. The average Bonchev–Trinajstić information content (AvgIpc) is 1.85. The summed E-state index contributed by atoms with van der Waals surface area (Å²) >= 11 is 0. The second kappa shape index (κ2) is 4.30. The summed E-state index contributed by atoms with van der Waals surface area (Å²) in [5, 5.41) is 2.08. The number of aliphatic imine (C=N–C) groups is 1. The maximum atomic E-state index is 10.5. The smallest absolute Gasteiger partial charge is 0.327 e. The summed E-state index contributed by atoms with van der Waals surface area (Å²) in [4.78, 5) is 3.55. The summed E-state index contributed by atoms with van der Waals surface area (Å²) in [7, 11) is -4.15. The molecule has 0 rings (SSSR count). The van der Waals surface area contributed by atoms with Crippen LogP contribution in [0.3, 0.4) is 0 Å². The molecule has 0 bridgehead atoms. The molecule has 2 N–H and O–H groups in total. The quantitative estimate of drug-likeness (QED) is 0.352. The molecule has 0 unspecified atom stereocenters. The molecule has 0 fully saturated rings. The van der Waals surface area contributed by atoms with Crippen LogP contribution in [0.25, 0.3) is 0 Å². The predicted octanol–water partition coefficient (Wildman–Crippen LogP) is -0.140. The Kier molecular flexibility index (Phi) is 4.06. The van der Waals surface area contributed by atoms with Crippen molar-refractivity contribution in [1.82, 2.24) is 5.32 Å². The standard InChI is InChI=1S/C5H12N2O3S/c1-3-6-5(7-4-2)11(8,9)10/h3-4H2,1-2H3,(H,6,7)(H,8,9,10). The van der Waals surface area contributed by atoms with Crippen molar-refractivity contribution >= 4 is 15.3 Å². The highest BCUT2D eigenvalue weighted by molar-refractivity contribution is 8.01. The molecule has 0 aliphatic carbocycles. The topological polar surface area (TPSA) is 78.8 Å². The molecule has 5 nitrogen and oxygen atoms in total. The van der Waals surface area contributed by atoms with E-state index >= 15 is 0 Å². The molecule has 0 aromatic carbocycles. The molecule has 0 aliphatic rings. The van der Waals surface area contributed by atoms with Gasteiger partial charge in [0.2, 0.25) is 5.17 Å². The van der Waals surface area contributed by atoms with Crippen LogP contribution < -0.4 is 5.32 Å². The van der Waals surface area contributed by atoms with Crippen molar-refractivity contribution in [3.8, 4) is 0 Å². The molecule has 0 atom stereocenters. The van der Waals surface area contributed by atoms with E-state index in [1.807, 2.05) is 0 Å². The molecule has 0 saturated carbocycles. The molecule has 6 heteroatoms. The predicted molar refractivity (Wildman–Crippen MR) is 43.2 cm³/mol. The number of amidine groups is 1. The summed E-state index contributed by atoms with van der Waals surface area (Å²) in [5.74, 6) is 0. The van der Waals surface area contributed by atoms with Gasteiger partial charge in [0.1, 0.15) is 0 Å². The fourth-order valence-electron chi connectivity index (χ4n) is 0.524. The van der Waals surface area contributed by atoms with Gasteiger partial charge >= 0.3 is 10.1 Å². The Hall–Kier alpha value is -0.620. The van der Waals surface area contributed by atoms with Crippen molar-refractivity contribution < 1.29 is 13.0 Å². The molecule has 0 spiro atoms. The molecule has 0 heterocycles. The summed E-state index contributed by atoms with van der Waals surface area (Å²) in [6.45, 7) is 4.14. The summed E-state index contributed by atoms with van der Waals surface area (Å²) in [5.41, 5.74) is 0. The van der Waals surface area contributed by atoms with Gasteiger partial charge in [0.15, 0.2) is 0 Å². The minimum Gasteiger partial charge on any atom is -0.359 e. The van der Waals surface area contributed by atoms with Crippen LogP contribution in [0, 0.1) is 0 Å². The van der Waals surface area contributed by atoms with Crippen molar-refractivity contribution in [2.45, 2.75) is 13.8 Å². The van der Waals surface area contributed by atoms with Gasteiger partial charge in [-0.3, -0.25) is 9.55 Å². The monoisotopic (exact) mass is 180 g/mol. The molecule has 66 valence electrons. The number of hydrogen-bond acceptors (Lipinski definition) is 3. The lowest BCUT2D eigenvalue weighted by atomic mass is 10.7. The Labute approximate surface area is 66.3 Å². The van der Waals surface area contributed by atoms with Crippen LogP contribution in [0.1, 0.15) is 13.8 Å². The number of nitrogens with zero attached hydrogens (tertiary/aromatic N) is 1. The molecular formula is C5H12N2O3S. The first-order valence-corrected chi connectivity index (χ1v) is 4.72. The Balaban J connectivity index is 4.49. The molecule has 0 aromatic rings. The second-order valence-electron chi connectivity index (χ2n) is 1.78. The lowest BCUT2D eigenvalue weighted by molar-refractivity contribution is 0.496. The van der Waals surface area contributed by atoms with Crippen LogP contribution in [0.15, 0.2) is 4.99 Å². The molecular weight excluding hydrogens is 168 g/mol. The molecule has 11 heavy (non-hydrogen) atoms. The SMILES string of the molecule is CCN=C(NCC)S(=O)(=O)O. The third-order valence-corrected chi connectivity index (χ3v) is 1.64. The summed E-state index contributed by atoms with van der Waals surface area (Å²) in [6, 6.07) is 0. The first kappa shape index (κ1) is 10.4. The van der Waals surface area contributed by atoms with E-state index in [1.165, 1.54) is 0 Å². The highest BCUT2D eigenvalue weighted by atomic mass is 32.2. The van der Waals surface area contributed by atoms with Crippen LogP contribution in [0.5, 0.6) is 0 Å². The maximum Gasteiger partial charge on any atom is 0.327 e. The highest BCUT2D eigenvalue weighted by Crippen LogP contribution is 1.85. The van der Waals surface area contributed by atoms with Crippen LogP contribution in [-0.2, 0) is 10.1 Å². The number of hydrogen-bond donors (Lipinski definition) is 2. The molecule has 0 saturated heterocycles. The van der Waals surface area contributed by atoms with Gasteiger partial charge in [0, 0.05) is 13.1 Å². The second-order valence-corrected chi connectivity index (χ2v) is 3.12. The van der Waals surface area contributed by atoms with E-state index in [1.54, 1.807) is 13.8 Å². The van der Waals surface area contributed by atoms with Gasteiger partial charge in [0.05, 0.1) is 0 Å². The molecule has 0 aliphatic heterocycles. The fourth-order valence-corrected chi connectivity index (χ4v) is 1.14. The van der Waals surface area contributed by atoms with Crippen LogP contribution in [-0.4, -0.2) is 31.2 Å². The highest BCUT2D eigenvalue weighted by Gasteiger charge is 2.13. The van der Waals surface area contributed by atoms with E-state index in [9.17, 15) is 8.42 Å². The third kappa shape index (κ3) is 3.94. The van der Waals surface area contributed by atoms with E-state index in [2.05, 4.69) is 10.3 Å². The van der Waals surface area contributed by atoms with Crippen molar-refractivity contribution in [3.05, 3.63) is 0 Å². The normalized spacial score (nSPS) is 13.2. The zero-order chi connectivity index (χ0) is 8.91. The van der Waals surface area contributed by atoms with Gasteiger partial charge in [0.25, 0.3) is 0 Å². The lowest BCUT2D eigenvalue weighted by Gasteiger charge is -2.02. The van der Waals surface area contributed by atoms with Crippen molar-refractivity contribution in [2.24, 2.45) is 4.99 Å². The third-order valence-electron chi connectivity index (χ3n) is 0.874. The number of nitrogens with one attached hydrogen (secondary N) is 1. The Morgan fingerprint density at radius 2 is 2.09 bits per heavy atom. The van der Waals surface area contributed by atoms with Crippen molar-refractivity contribution in [2.75, 3.05) is 13.1 Å². The van der Waals surface area contributed by atoms with Gasteiger partial charge in [-0.05, 0) is 13.8 Å². The zero-order valence-electron chi connectivity index (χ0n) is 6.53. The van der Waals surface area contributed by atoms with E-state index < -0.39 is 10.1 Å². The largest absolute Gasteiger partial charge is 0.359 e. The van der Waals surface area contributed by atoms with Crippen molar-refractivity contribution in [3.63, 3.8) is 0 Å².